The van der Waals surface area contributed by atoms with E-state index in [1.807, 2.05) is 37.3 Å². The number of aryl methyl sites for hydroxylation is 1. The zero-order chi connectivity index (χ0) is 10.8. The minimum absolute atomic E-state index is 0.0630. The maximum absolute atomic E-state index is 8.67. The predicted octanol–water partition coefficient (Wildman–Crippen LogP) is 2.10. The number of hydrogen-bond donors (Lipinski definition) is 1. The number of anilines is 1. The van der Waals surface area contributed by atoms with Crippen molar-refractivity contribution in [1.29, 1.82) is 5.26 Å². The van der Waals surface area contributed by atoms with Crippen molar-refractivity contribution in [2.24, 2.45) is 0 Å². The summed E-state index contributed by atoms with van der Waals surface area (Å²) in [6.45, 7) is 1.99. The highest BCUT2D eigenvalue weighted by Gasteiger charge is 2.10. The molecule has 1 aromatic heterocycles. The second-order valence-corrected chi connectivity index (χ2v) is 3.21. The molecule has 0 saturated heterocycles. The van der Waals surface area contributed by atoms with Crippen molar-refractivity contribution in [3.63, 3.8) is 0 Å². The van der Waals surface area contributed by atoms with Gasteiger partial charge in [0.05, 0.1) is 0 Å². The molecule has 15 heavy (non-hydrogen) atoms. The van der Waals surface area contributed by atoms with Crippen LogP contribution in [0.25, 0.3) is 11.5 Å². The average Bonchev–Trinajstić information content (AvgIpc) is 2.61. The lowest BCUT2D eigenvalue weighted by Crippen LogP contribution is -1.84. The van der Waals surface area contributed by atoms with E-state index in [1.54, 1.807) is 0 Å². The highest BCUT2D eigenvalue weighted by atomic mass is 16.4. The van der Waals surface area contributed by atoms with E-state index >= 15 is 0 Å². The Balaban J connectivity index is 2.46. The van der Waals surface area contributed by atoms with Gasteiger partial charge >= 0.3 is 0 Å². The fourth-order valence-electron chi connectivity index (χ4n) is 1.23. The molecule has 0 atom stereocenters. The highest BCUT2D eigenvalue weighted by molar-refractivity contribution is 5.57. The van der Waals surface area contributed by atoms with E-state index in [0.717, 1.165) is 11.1 Å². The lowest BCUT2D eigenvalue weighted by Gasteiger charge is -1.95. The van der Waals surface area contributed by atoms with E-state index < -0.39 is 0 Å². The van der Waals surface area contributed by atoms with Gasteiger partial charge in [0.15, 0.2) is 0 Å². The van der Waals surface area contributed by atoms with E-state index in [9.17, 15) is 0 Å². The summed E-state index contributed by atoms with van der Waals surface area (Å²) in [6, 6.07) is 9.51. The van der Waals surface area contributed by atoms with Crippen LogP contribution >= 0.6 is 0 Å². The van der Waals surface area contributed by atoms with E-state index in [-0.39, 0.29) is 11.6 Å². The standard InChI is InChI=1S/C11H9N3O/c1-7-2-4-8(5-3-7)11-14-9(6-12)10(13)15-11/h2-5H,13H2,1H3. The van der Waals surface area contributed by atoms with Crippen molar-refractivity contribution in [2.75, 3.05) is 5.73 Å². The molecule has 0 bridgehead atoms. The molecular formula is C11H9N3O. The van der Waals surface area contributed by atoms with Crippen LogP contribution < -0.4 is 5.73 Å². The van der Waals surface area contributed by atoms with Crippen molar-refractivity contribution in [3.05, 3.63) is 35.5 Å². The Hall–Kier alpha value is -2.28. The molecule has 4 heteroatoms. The van der Waals surface area contributed by atoms with Gasteiger partial charge in [-0.2, -0.15) is 10.2 Å². The first-order chi connectivity index (χ1) is 7.20. The smallest absolute Gasteiger partial charge is 0.230 e. The van der Waals surface area contributed by atoms with Crippen LogP contribution in [0, 0.1) is 18.3 Å². The first kappa shape index (κ1) is 9.28. The molecule has 0 spiro atoms. The van der Waals surface area contributed by atoms with Crippen LogP contribution in [-0.2, 0) is 0 Å². The maximum Gasteiger partial charge on any atom is 0.230 e. The molecule has 4 nitrogen and oxygen atoms in total. The third kappa shape index (κ3) is 1.67. The van der Waals surface area contributed by atoms with Crippen molar-refractivity contribution >= 4 is 5.88 Å². The minimum atomic E-state index is 0.0630. The molecule has 2 rings (SSSR count). The molecule has 0 aliphatic heterocycles. The van der Waals surface area contributed by atoms with Gasteiger partial charge in [0.1, 0.15) is 6.07 Å². The van der Waals surface area contributed by atoms with Gasteiger partial charge in [-0.1, -0.05) is 17.7 Å². The van der Waals surface area contributed by atoms with E-state index in [1.165, 1.54) is 0 Å². The van der Waals surface area contributed by atoms with Gasteiger partial charge in [-0.15, -0.1) is 0 Å². The molecule has 2 N–H and O–H groups in total. The number of aromatic nitrogens is 1. The summed E-state index contributed by atoms with van der Waals surface area (Å²) in [4.78, 5) is 3.98. The van der Waals surface area contributed by atoms with Gasteiger partial charge in [0.25, 0.3) is 0 Å². The molecule has 1 heterocycles. The molecule has 0 amide bonds. The molecule has 2 aromatic rings. The van der Waals surface area contributed by atoms with Crippen LogP contribution in [0.2, 0.25) is 0 Å². The molecule has 0 aliphatic carbocycles. The molecule has 74 valence electrons. The van der Waals surface area contributed by atoms with Crippen molar-refractivity contribution < 1.29 is 4.42 Å². The lowest BCUT2D eigenvalue weighted by molar-refractivity contribution is 0.593. The molecule has 0 unspecified atom stereocenters. The second kappa shape index (κ2) is 3.46. The van der Waals surface area contributed by atoms with Crippen LogP contribution in [0.5, 0.6) is 0 Å². The highest BCUT2D eigenvalue weighted by Crippen LogP contribution is 2.23. The largest absolute Gasteiger partial charge is 0.419 e. The van der Waals surface area contributed by atoms with Gasteiger partial charge in [0.2, 0.25) is 17.5 Å². The van der Waals surface area contributed by atoms with E-state index in [0.29, 0.717) is 5.89 Å². The van der Waals surface area contributed by atoms with Gasteiger partial charge in [0, 0.05) is 5.56 Å². The summed E-state index contributed by atoms with van der Waals surface area (Å²) in [5, 5.41) is 8.67. The Labute approximate surface area is 87.0 Å². The van der Waals surface area contributed by atoms with E-state index in [2.05, 4.69) is 4.98 Å². The first-order valence-corrected chi connectivity index (χ1v) is 4.44. The van der Waals surface area contributed by atoms with Crippen LogP contribution in [0.3, 0.4) is 0 Å². The SMILES string of the molecule is Cc1ccc(-c2nc(C#N)c(N)o2)cc1. The molecule has 1 aromatic carbocycles. The lowest BCUT2D eigenvalue weighted by atomic mass is 10.1. The number of rotatable bonds is 1. The molecule has 0 radical (unpaired) electrons. The number of nitrogens with two attached hydrogens (primary N) is 1. The second-order valence-electron chi connectivity index (χ2n) is 3.21. The maximum atomic E-state index is 8.67. The molecule has 0 saturated carbocycles. The minimum Gasteiger partial charge on any atom is -0.419 e. The summed E-state index contributed by atoms with van der Waals surface area (Å²) in [6.07, 6.45) is 0. The molecular weight excluding hydrogens is 190 g/mol. The summed E-state index contributed by atoms with van der Waals surface area (Å²) in [5.41, 5.74) is 7.56. The van der Waals surface area contributed by atoms with E-state index in [4.69, 9.17) is 15.4 Å². The molecule has 0 fully saturated rings. The number of benzene rings is 1. The Morgan fingerprint density at radius 3 is 2.53 bits per heavy atom. The third-order valence-electron chi connectivity index (χ3n) is 2.06. The predicted molar refractivity (Wildman–Crippen MR) is 55.8 cm³/mol. The van der Waals surface area contributed by atoms with Gasteiger partial charge < -0.3 is 10.2 Å². The fourth-order valence-corrected chi connectivity index (χ4v) is 1.23. The number of hydrogen-bond acceptors (Lipinski definition) is 4. The zero-order valence-corrected chi connectivity index (χ0v) is 8.19. The first-order valence-electron chi connectivity index (χ1n) is 4.44. The van der Waals surface area contributed by atoms with Gasteiger partial charge in [-0.25, -0.2) is 0 Å². The summed E-state index contributed by atoms with van der Waals surface area (Å²) < 4.78 is 5.18. The van der Waals surface area contributed by atoms with Crippen LogP contribution in [0.1, 0.15) is 11.3 Å². The van der Waals surface area contributed by atoms with Crippen molar-refractivity contribution in [1.82, 2.24) is 4.98 Å². The summed E-state index contributed by atoms with van der Waals surface area (Å²) in [5.74, 6) is 0.442. The Morgan fingerprint density at radius 1 is 1.33 bits per heavy atom. The number of nitrogens with zero attached hydrogens (tertiary/aromatic N) is 2. The van der Waals surface area contributed by atoms with Crippen molar-refractivity contribution in [2.45, 2.75) is 6.92 Å². The number of nitriles is 1. The monoisotopic (exact) mass is 199 g/mol. The Kier molecular flexibility index (Phi) is 2.14. The van der Waals surface area contributed by atoms with Crippen molar-refractivity contribution in [3.8, 4) is 17.5 Å². The number of nitrogen functional groups attached to an aromatic ring is 1. The normalized spacial score (nSPS) is 9.87. The summed E-state index contributed by atoms with van der Waals surface area (Å²) >= 11 is 0. The van der Waals surface area contributed by atoms with Crippen LogP contribution in [0.15, 0.2) is 28.7 Å². The topological polar surface area (TPSA) is 75.8 Å². The number of oxazole rings is 1. The van der Waals surface area contributed by atoms with Crippen LogP contribution in [-0.4, -0.2) is 4.98 Å². The fraction of sp³-hybridized carbons (Fsp3) is 0.0909. The third-order valence-corrected chi connectivity index (χ3v) is 2.06. The zero-order valence-electron chi connectivity index (χ0n) is 8.19. The van der Waals surface area contributed by atoms with Crippen LogP contribution in [0.4, 0.5) is 5.88 Å². The summed E-state index contributed by atoms with van der Waals surface area (Å²) in [7, 11) is 0. The Bertz CT molecular complexity index is 520. The van der Waals surface area contributed by atoms with Gasteiger partial charge in [-0.05, 0) is 19.1 Å². The van der Waals surface area contributed by atoms with Gasteiger partial charge in [-0.3, -0.25) is 0 Å². The quantitative estimate of drug-likeness (QED) is 0.763. The Morgan fingerprint density at radius 2 is 2.00 bits per heavy atom. The molecule has 0 aliphatic rings. The average molecular weight is 199 g/mol.